The van der Waals surface area contributed by atoms with Crippen molar-refractivity contribution in [2.45, 2.75) is 40.3 Å². The molecule has 1 aromatic rings. The Kier molecular flexibility index (Phi) is 3.91. The summed E-state index contributed by atoms with van der Waals surface area (Å²) < 4.78 is 0. The third-order valence-electron chi connectivity index (χ3n) is 3.64. The molecule has 1 aliphatic heterocycles. The molecule has 17 heavy (non-hydrogen) atoms. The molecule has 1 N–H and O–H groups in total. The van der Waals surface area contributed by atoms with Gasteiger partial charge in [0.15, 0.2) is 0 Å². The monoisotopic (exact) mass is 252 g/mol. The molecular weight excluding hydrogens is 228 g/mol. The Morgan fingerprint density at radius 1 is 1.47 bits per heavy atom. The fraction of sp³-hybridized carbons (Fsp3) is 0.714. The van der Waals surface area contributed by atoms with Gasteiger partial charge in [0.05, 0.1) is 0 Å². The van der Waals surface area contributed by atoms with E-state index in [0.717, 1.165) is 13.1 Å². The first-order valence-corrected chi connectivity index (χ1v) is 7.33. The number of rotatable bonds is 2. The summed E-state index contributed by atoms with van der Waals surface area (Å²) >= 11 is 1.89. The first kappa shape index (κ1) is 13.1. The molecule has 0 aromatic carbocycles. The Balaban J connectivity index is 1.96. The minimum Gasteiger partial charge on any atom is -0.311 e. The molecule has 2 rings (SSSR count). The number of hydrogen-bond donors (Lipinski definition) is 1. The summed E-state index contributed by atoms with van der Waals surface area (Å²) in [6, 6.07) is 2.83. The van der Waals surface area contributed by atoms with Gasteiger partial charge in [-0.15, -0.1) is 11.3 Å². The lowest BCUT2D eigenvalue weighted by Crippen LogP contribution is -2.55. The summed E-state index contributed by atoms with van der Waals surface area (Å²) in [4.78, 5) is 4.12. The predicted octanol–water partition coefficient (Wildman–Crippen LogP) is 2.88. The van der Waals surface area contributed by atoms with Crippen LogP contribution < -0.4 is 5.32 Å². The quantitative estimate of drug-likeness (QED) is 0.870. The molecule has 0 amide bonds. The van der Waals surface area contributed by atoms with Gasteiger partial charge in [-0.2, -0.15) is 0 Å². The maximum atomic E-state index is 3.64. The van der Waals surface area contributed by atoms with E-state index in [0.29, 0.717) is 11.5 Å². The Hall–Kier alpha value is -0.380. The van der Waals surface area contributed by atoms with Crippen LogP contribution in [0.25, 0.3) is 0 Å². The maximum absolute atomic E-state index is 3.64. The highest BCUT2D eigenvalue weighted by atomic mass is 32.1. The summed E-state index contributed by atoms with van der Waals surface area (Å²) in [5.74, 6) is 0. The van der Waals surface area contributed by atoms with Crippen LogP contribution in [0.4, 0.5) is 0 Å². The second kappa shape index (κ2) is 5.09. The van der Waals surface area contributed by atoms with E-state index in [1.165, 1.54) is 23.5 Å². The van der Waals surface area contributed by atoms with Gasteiger partial charge in [0.1, 0.15) is 0 Å². The van der Waals surface area contributed by atoms with Crippen LogP contribution in [0.1, 0.15) is 31.2 Å². The second-order valence-corrected chi connectivity index (χ2v) is 7.14. The van der Waals surface area contributed by atoms with Crippen LogP contribution in [0, 0.1) is 12.3 Å². The molecule has 0 spiro atoms. The van der Waals surface area contributed by atoms with Gasteiger partial charge in [-0.05, 0) is 29.3 Å². The Bertz CT molecular complexity index is 365. The molecule has 1 fully saturated rings. The Morgan fingerprint density at radius 2 is 2.24 bits per heavy atom. The van der Waals surface area contributed by atoms with Crippen LogP contribution in [0.5, 0.6) is 0 Å². The Morgan fingerprint density at radius 3 is 2.82 bits per heavy atom. The topological polar surface area (TPSA) is 15.3 Å². The first-order chi connectivity index (χ1) is 7.97. The van der Waals surface area contributed by atoms with Crippen molar-refractivity contribution in [3.05, 3.63) is 21.9 Å². The van der Waals surface area contributed by atoms with Crippen LogP contribution in [0.2, 0.25) is 0 Å². The first-order valence-electron chi connectivity index (χ1n) is 6.45. The smallest absolute Gasteiger partial charge is 0.0331 e. The third kappa shape index (κ3) is 3.30. The van der Waals surface area contributed by atoms with Crippen LogP contribution in [0.15, 0.2) is 11.4 Å². The van der Waals surface area contributed by atoms with E-state index in [1.54, 1.807) is 0 Å². The van der Waals surface area contributed by atoms with Gasteiger partial charge in [-0.1, -0.05) is 20.8 Å². The van der Waals surface area contributed by atoms with Crippen molar-refractivity contribution in [2.24, 2.45) is 5.41 Å². The minimum absolute atomic E-state index is 0.350. The van der Waals surface area contributed by atoms with Crippen LogP contribution in [0.3, 0.4) is 0 Å². The lowest BCUT2D eigenvalue weighted by Gasteiger charge is -2.40. The van der Waals surface area contributed by atoms with E-state index in [9.17, 15) is 0 Å². The molecule has 1 atom stereocenters. The van der Waals surface area contributed by atoms with E-state index < -0.39 is 0 Å². The molecule has 0 radical (unpaired) electrons. The van der Waals surface area contributed by atoms with Gasteiger partial charge in [-0.3, -0.25) is 4.90 Å². The fourth-order valence-corrected chi connectivity index (χ4v) is 3.25. The fourth-order valence-electron chi connectivity index (χ4n) is 2.30. The molecule has 1 aromatic heterocycles. The minimum atomic E-state index is 0.350. The van der Waals surface area contributed by atoms with E-state index in [4.69, 9.17) is 0 Å². The van der Waals surface area contributed by atoms with Gasteiger partial charge >= 0.3 is 0 Å². The number of thiophene rings is 1. The van der Waals surface area contributed by atoms with E-state index >= 15 is 0 Å². The molecule has 0 saturated carbocycles. The molecule has 3 heteroatoms. The molecule has 1 saturated heterocycles. The van der Waals surface area contributed by atoms with Crippen LogP contribution >= 0.6 is 11.3 Å². The van der Waals surface area contributed by atoms with Crippen molar-refractivity contribution in [2.75, 3.05) is 19.6 Å². The lowest BCUT2D eigenvalue weighted by molar-refractivity contribution is 0.130. The Labute approximate surface area is 109 Å². The van der Waals surface area contributed by atoms with Crippen molar-refractivity contribution in [1.29, 1.82) is 0 Å². The number of hydrogen-bond acceptors (Lipinski definition) is 3. The molecule has 1 unspecified atom stereocenters. The zero-order valence-electron chi connectivity index (χ0n) is 11.4. The van der Waals surface area contributed by atoms with Crippen molar-refractivity contribution in [3.63, 3.8) is 0 Å². The standard InChI is InChI=1S/C14H24N2S/c1-11-5-8-17-12(11)9-16-7-6-15-13(10-16)14(2,3)4/h5,8,13,15H,6-7,9-10H2,1-4H3. The van der Waals surface area contributed by atoms with Gasteiger partial charge in [-0.25, -0.2) is 0 Å². The highest BCUT2D eigenvalue weighted by Gasteiger charge is 2.29. The highest BCUT2D eigenvalue weighted by Crippen LogP contribution is 2.24. The average molecular weight is 252 g/mol. The third-order valence-corrected chi connectivity index (χ3v) is 4.65. The number of nitrogens with one attached hydrogen (secondary N) is 1. The summed E-state index contributed by atoms with van der Waals surface area (Å²) in [5.41, 5.74) is 1.80. The van der Waals surface area contributed by atoms with Gasteiger partial charge in [0.2, 0.25) is 0 Å². The van der Waals surface area contributed by atoms with Crippen LogP contribution in [-0.2, 0) is 6.54 Å². The van der Waals surface area contributed by atoms with Crippen molar-refractivity contribution < 1.29 is 0 Å². The van der Waals surface area contributed by atoms with Crippen LogP contribution in [-0.4, -0.2) is 30.6 Å². The summed E-state index contributed by atoms with van der Waals surface area (Å²) in [5, 5.41) is 5.85. The lowest BCUT2D eigenvalue weighted by atomic mass is 9.85. The van der Waals surface area contributed by atoms with E-state index in [2.05, 4.69) is 49.4 Å². The van der Waals surface area contributed by atoms with Gasteiger partial charge in [0, 0.05) is 37.1 Å². The van der Waals surface area contributed by atoms with E-state index in [-0.39, 0.29) is 0 Å². The summed E-state index contributed by atoms with van der Waals surface area (Å²) in [6.45, 7) is 13.8. The maximum Gasteiger partial charge on any atom is 0.0331 e. The van der Waals surface area contributed by atoms with Gasteiger partial charge < -0.3 is 5.32 Å². The number of nitrogens with zero attached hydrogens (tertiary/aromatic N) is 1. The zero-order chi connectivity index (χ0) is 12.5. The molecule has 0 bridgehead atoms. The summed E-state index contributed by atoms with van der Waals surface area (Å²) in [6.07, 6.45) is 0. The van der Waals surface area contributed by atoms with Gasteiger partial charge in [0.25, 0.3) is 0 Å². The molecule has 2 heterocycles. The molecular formula is C14H24N2S. The molecule has 96 valence electrons. The highest BCUT2D eigenvalue weighted by molar-refractivity contribution is 7.10. The number of piperazine rings is 1. The van der Waals surface area contributed by atoms with Crippen molar-refractivity contribution >= 4 is 11.3 Å². The average Bonchev–Trinajstić information content (AvgIpc) is 2.64. The van der Waals surface area contributed by atoms with Crippen molar-refractivity contribution in [3.8, 4) is 0 Å². The molecule has 2 nitrogen and oxygen atoms in total. The predicted molar refractivity (Wildman–Crippen MR) is 75.6 cm³/mol. The largest absolute Gasteiger partial charge is 0.311 e. The summed E-state index contributed by atoms with van der Waals surface area (Å²) in [7, 11) is 0. The SMILES string of the molecule is Cc1ccsc1CN1CCNC(C(C)(C)C)C1. The van der Waals surface area contributed by atoms with Crippen molar-refractivity contribution in [1.82, 2.24) is 10.2 Å². The van der Waals surface area contributed by atoms with E-state index in [1.807, 2.05) is 11.3 Å². The number of aryl methyl sites for hydroxylation is 1. The molecule has 1 aliphatic rings. The second-order valence-electron chi connectivity index (χ2n) is 6.13. The normalized spacial score (nSPS) is 22.9. The zero-order valence-corrected chi connectivity index (χ0v) is 12.2. The molecule has 0 aliphatic carbocycles.